The second-order valence-electron chi connectivity index (χ2n) is 7.57. The number of ketones is 1. The lowest BCUT2D eigenvalue weighted by atomic mass is 10.1. The first-order chi connectivity index (χ1) is 16.4. The molecule has 1 heterocycles. The van der Waals surface area contributed by atoms with E-state index >= 15 is 0 Å². The molecule has 0 saturated carbocycles. The molecule has 3 aromatic carbocycles. The molecule has 4 rings (SSSR count). The Hall–Kier alpha value is -4.53. The van der Waals surface area contributed by atoms with Crippen molar-refractivity contribution in [1.29, 1.82) is 0 Å². The highest BCUT2D eigenvalue weighted by Gasteiger charge is 2.27. The first-order valence-corrected chi connectivity index (χ1v) is 10.4. The van der Waals surface area contributed by atoms with Crippen LogP contribution < -0.4 is 16.0 Å². The lowest BCUT2D eigenvalue weighted by Crippen LogP contribution is -2.41. The van der Waals surface area contributed by atoms with Gasteiger partial charge in [-0.3, -0.25) is 14.4 Å². The predicted octanol–water partition coefficient (Wildman–Crippen LogP) is 3.63. The van der Waals surface area contributed by atoms with Gasteiger partial charge in [0, 0.05) is 11.3 Å². The molecule has 2 amide bonds. The van der Waals surface area contributed by atoms with Gasteiger partial charge in [-0.1, -0.05) is 12.1 Å². The fourth-order valence-electron chi connectivity index (χ4n) is 3.36. The first-order valence-electron chi connectivity index (χ1n) is 10.4. The number of carbonyl (C=O) groups excluding carboxylic acids is 4. The molecular weight excluding hydrogens is 441 g/mol. The number of amides is 2. The molecule has 1 aliphatic heterocycles. The van der Waals surface area contributed by atoms with Crippen molar-refractivity contribution in [2.24, 2.45) is 0 Å². The zero-order chi connectivity index (χ0) is 24.1. The monoisotopic (exact) mass is 461 g/mol. The Labute approximate surface area is 194 Å². The Morgan fingerprint density at radius 2 is 1.53 bits per heavy atom. The summed E-state index contributed by atoms with van der Waals surface area (Å²) in [7, 11) is 0. The van der Waals surface area contributed by atoms with E-state index < -0.39 is 30.2 Å². The van der Waals surface area contributed by atoms with Crippen LogP contribution in [-0.4, -0.2) is 36.2 Å². The molecule has 34 heavy (non-hydrogen) atoms. The van der Waals surface area contributed by atoms with E-state index in [1.165, 1.54) is 36.4 Å². The van der Waals surface area contributed by atoms with E-state index in [0.717, 1.165) is 17.8 Å². The summed E-state index contributed by atoms with van der Waals surface area (Å²) in [5.74, 6) is -2.32. The molecule has 8 nitrogen and oxygen atoms in total. The summed E-state index contributed by atoms with van der Waals surface area (Å²) in [6.45, 7) is -0.484. The summed E-state index contributed by atoms with van der Waals surface area (Å²) in [4.78, 5) is 48.9. The molecule has 0 spiro atoms. The number of benzene rings is 3. The van der Waals surface area contributed by atoms with Gasteiger partial charge in [-0.15, -0.1) is 0 Å². The zero-order valence-corrected chi connectivity index (χ0v) is 17.8. The lowest BCUT2D eigenvalue weighted by molar-refractivity contribution is -0.122. The Morgan fingerprint density at radius 1 is 0.882 bits per heavy atom. The van der Waals surface area contributed by atoms with Gasteiger partial charge in [0.25, 0.3) is 0 Å². The van der Waals surface area contributed by atoms with Crippen molar-refractivity contribution in [2.45, 2.75) is 12.5 Å². The third-order valence-electron chi connectivity index (χ3n) is 5.13. The zero-order valence-electron chi connectivity index (χ0n) is 17.8. The van der Waals surface area contributed by atoms with Crippen molar-refractivity contribution >= 4 is 40.6 Å². The molecule has 0 bridgehead atoms. The Bertz CT molecular complexity index is 1240. The van der Waals surface area contributed by atoms with Crippen LogP contribution in [0.15, 0.2) is 72.8 Å². The number of nitrogens with one attached hydrogen (secondary N) is 3. The van der Waals surface area contributed by atoms with E-state index in [-0.39, 0.29) is 29.4 Å². The number of halogens is 1. The van der Waals surface area contributed by atoms with Crippen LogP contribution in [0.25, 0.3) is 0 Å². The number of hydrogen-bond donors (Lipinski definition) is 3. The number of ether oxygens (including phenoxy) is 1. The fourth-order valence-corrected chi connectivity index (χ4v) is 3.36. The molecule has 172 valence electrons. The number of para-hydroxylation sites is 2. The SMILES string of the molecule is O=C(C[C@H]1Nc2ccccc2NC1=O)Nc1ccc(C(=O)OCC(=O)c2ccc(F)cc2)cc1. The van der Waals surface area contributed by atoms with Gasteiger partial charge in [0.05, 0.1) is 23.4 Å². The van der Waals surface area contributed by atoms with Crippen LogP contribution >= 0.6 is 0 Å². The average molecular weight is 461 g/mol. The smallest absolute Gasteiger partial charge is 0.338 e. The molecule has 1 aliphatic rings. The van der Waals surface area contributed by atoms with Crippen molar-refractivity contribution in [3.63, 3.8) is 0 Å². The number of carbonyl (C=O) groups is 4. The summed E-state index contributed by atoms with van der Waals surface area (Å²) in [5, 5.41) is 8.48. The highest BCUT2D eigenvalue weighted by molar-refractivity contribution is 6.06. The third-order valence-corrected chi connectivity index (χ3v) is 5.13. The summed E-state index contributed by atoms with van der Waals surface area (Å²) >= 11 is 0. The maximum atomic E-state index is 12.9. The second kappa shape index (κ2) is 9.95. The van der Waals surface area contributed by atoms with Gasteiger partial charge < -0.3 is 20.7 Å². The molecular formula is C25H20FN3O5. The van der Waals surface area contributed by atoms with Crippen molar-refractivity contribution in [3.8, 4) is 0 Å². The number of esters is 1. The van der Waals surface area contributed by atoms with Crippen LogP contribution in [0.2, 0.25) is 0 Å². The molecule has 1 atom stereocenters. The molecule has 0 fully saturated rings. The lowest BCUT2D eigenvalue weighted by Gasteiger charge is -2.26. The number of hydrogen-bond acceptors (Lipinski definition) is 6. The molecule has 3 N–H and O–H groups in total. The summed E-state index contributed by atoms with van der Waals surface area (Å²) in [6.07, 6.45) is -0.0878. The van der Waals surface area contributed by atoms with Crippen LogP contribution in [0.5, 0.6) is 0 Å². The van der Waals surface area contributed by atoms with Crippen LogP contribution in [0.1, 0.15) is 27.1 Å². The van der Waals surface area contributed by atoms with Crippen molar-refractivity contribution in [2.75, 3.05) is 22.6 Å². The molecule has 0 aromatic heterocycles. The Kier molecular flexibility index (Phi) is 6.63. The minimum atomic E-state index is -0.720. The van der Waals surface area contributed by atoms with Gasteiger partial charge in [0.2, 0.25) is 11.8 Å². The summed E-state index contributed by atoms with van der Waals surface area (Å²) in [6, 6.07) is 17.3. The van der Waals surface area contributed by atoms with E-state index in [1.807, 2.05) is 12.1 Å². The summed E-state index contributed by atoms with van der Waals surface area (Å²) < 4.78 is 18.0. The second-order valence-corrected chi connectivity index (χ2v) is 7.57. The van der Waals surface area contributed by atoms with Gasteiger partial charge in [-0.05, 0) is 60.7 Å². The predicted molar refractivity (Wildman–Crippen MR) is 123 cm³/mol. The van der Waals surface area contributed by atoms with Crippen LogP contribution in [0.3, 0.4) is 0 Å². The van der Waals surface area contributed by atoms with Gasteiger partial charge in [0.15, 0.2) is 12.4 Å². The maximum Gasteiger partial charge on any atom is 0.338 e. The number of anilines is 3. The van der Waals surface area contributed by atoms with Crippen molar-refractivity contribution < 1.29 is 28.3 Å². The molecule has 0 unspecified atom stereocenters. The first kappa shape index (κ1) is 22.7. The molecule has 3 aromatic rings. The number of fused-ring (bicyclic) bond motifs is 1. The van der Waals surface area contributed by atoms with Crippen LogP contribution in [0.4, 0.5) is 21.5 Å². The average Bonchev–Trinajstić information content (AvgIpc) is 2.83. The third kappa shape index (κ3) is 5.44. The van der Waals surface area contributed by atoms with Crippen LogP contribution in [-0.2, 0) is 14.3 Å². The number of Topliss-reactive ketones (excluding diaryl/α,β-unsaturated/α-hetero) is 1. The van der Waals surface area contributed by atoms with E-state index in [2.05, 4.69) is 16.0 Å². The Balaban J connectivity index is 1.28. The molecule has 0 saturated heterocycles. The van der Waals surface area contributed by atoms with Crippen molar-refractivity contribution in [3.05, 3.63) is 89.7 Å². The normalized spacial score (nSPS) is 14.3. The summed E-state index contributed by atoms with van der Waals surface area (Å²) in [5.41, 5.74) is 2.25. The van der Waals surface area contributed by atoms with Crippen molar-refractivity contribution in [1.82, 2.24) is 0 Å². The minimum Gasteiger partial charge on any atom is -0.454 e. The van der Waals surface area contributed by atoms with Gasteiger partial charge in [-0.25, -0.2) is 9.18 Å². The molecule has 0 radical (unpaired) electrons. The maximum absolute atomic E-state index is 12.9. The minimum absolute atomic E-state index is 0.0878. The van der Waals surface area contributed by atoms with Gasteiger partial charge in [-0.2, -0.15) is 0 Å². The van der Waals surface area contributed by atoms with Crippen LogP contribution in [0, 0.1) is 5.82 Å². The van der Waals surface area contributed by atoms with Gasteiger partial charge in [0.1, 0.15) is 11.9 Å². The largest absolute Gasteiger partial charge is 0.454 e. The van der Waals surface area contributed by atoms with E-state index in [1.54, 1.807) is 12.1 Å². The topological polar surface area (TPSA) is 114 Å². The van der Waals surface area contributed by atoms with E-state index in [4.69, 9.17) is 4.74 Å². The standard InChI is InChI=1S/C25H20FN3O5/c26-17-9-5-15(6-10-17)22(30)14-34-25(33)16-7-11-18(12-8-16)27-23(31)13-21-24(32)29-20-4-2-1-3-19(20)28-21/h1-12,21,28H,13-14H2,(H,27,31)(H,29,32)/t21-/m1/s1. The highest BCUT2D eigenvalue weighted by atomic mass is 19.1. The fraction of sp³-hybridized carbons (Fsp3) is 0.120. The number of rotatable bonds is 7. The quantitative estimate of drug-likeness (QED) is 0.366. The van der Waals surface area contributed by atoms with Gasteiger partial charge >= 0.3 is 5.97 Å². The highest BCUT2D eigenvalue weighted by Crippen LogP contribution is 2.26. The molecule has 0 aliphatic carbocycles. The molecule has 9 heteroatoms. The Morgan fingerprint density at radius 3 is 2.24 bits per heavy atom. The van der Waals surface area contributed by atoms with E-state index in [9.17, 15) is 23.6 Å². The van der Waals surface area contributed by atoms with E-state index in [0.29, 0.717) is 11.4 Å².